The van der Waals surface area contributed by atoms with Gasteiger partial charge in [-0.25, -0.2) is 0 Å². The first kappa shape index (κ1) is 16.8. The van der Waals surface area contributed by atoms with Crippen LogP contribution in [0.3, 0.4) is 0 Å². The van der Waals surface area contributed by atoms with E-state index in [0.29, 0.717) is 0 Å². The Morgan fingerprint density at radius 2 is 1.92 bits per heavy atom. The highest BCUT2D eigenvalue weighted by molar-refractivity contribution is 7.98. The van der Waals surface area contributed by atoms with Crippen LogP contribution < -0.4 is 4.74 Å². The van der Waals surface area contributed by atoms with Gasteiger partial charge in [-0.2, -0.15) is 0 Å². The van der Waals surface area contributed by atoms with Crippen molar-refractivity contribution < 1.29 is 4.74 Å². The molecule has 0 amide bonds. The first-order chi connectivity index (χ1) is 12.9. The van der Waals surface area contributed by atoms with Crippen LogP contribution in [0.25, 0.3) is 16.4 Å². The first-order valence-corrected chi connectivity index (χ1v) is 9.89. The van der Waals surface area contributed by atoms with Gasteiger partial charge in [0.15, 0.2) is 11.0 Å². The fourth-order valence-corrected chi connectivity index (χ4v) is 4.14. The molecule has 0 N–H and O–H groups in total. The van der Waals surface area contributed by atoms with Crippen LogP contribution >= 0.6 is 23.1 Å². The molecular weight excluding hydrogens is 364 g/mol. The molecule has 3 heterocycles. The molecule has 3 aromatic heterocycles. The Kier molecular flexibility index (Phi) is 4.99. The maximum Gasteiger partial charge on any atom is 0.196 e. The summed E-state index contributed by atoms with van der Waals surface area (Å²) in [7, 11) is 1.68. The van der Waals surface area contributed by atoms with E-state index in [1.165, 1.54) is 0 Å². The Balaban J connectivity index is 1.77. The molecule has 0 atom stereocenters. The summed E-state index contributed by atoms with van der Waals surface area (Å²) in [5, 5.41) is 11.7. The van der Waals surface area contributed by atoms with Crippen LogP contribution in [0.15, 0.2) is 71.3 Å². The molecule has 0 aliphatic rings. The fourth-order valence-electron chi connectivity index (χ4n) is 2.58. The second kappa shape index (κ2) is 7.72. The molecule has 130 valence electrons. The van der Waals surface area contributed by atoms with Gasteiger partial charge < -0.3 is 4.74 Å². The van der Waals surface area contributed by atoms with Gasteiger partial charge in [-0.3, -0.25) is 9.55 Å². The van der Waals surface area contributed by atoms with Crippen molar-refractivity contribution in [2.75, 3.05) is 7.11 Å². The van der Waals surface area contributed by atoms with E-state index in [2.05, 4.69) is 19.7 Å². The average Bonchev–Trinajstić information content (AvgIpc) is 3.36. The summed E-state index contributed by atoms with van der Waals surface area (Å²) in [6.07, 6.45) is 1.80. The number of aromatic nitrogens is 4. The number of hydrogen-bond donors (Lipinski definition) is 0. The third-order valence-corrected chi connectivity index (χ3v) is 5.60. The van der Waals surface area contributed by atoms with Gasteiger partial charge in [0.1, 0.15) is 5.75 Å². The van der Waals surface area contributed by atoms with Crippen molar-refractivity contribution in [2.45, 2.75) is 10.9 Å². The Morgan fingerprint density at radius 1 is 1.04 bits per heavy atom. The summed E-state index contributed by atoms with van der Waals surface area (Å²) < 4.78 is 7.62. The number of methoxy groups -OCH3 is 1. The molecule has 0 aliphatic heterocycles. The van der Waals surface area contributed by atoms with E-state index in [1.807, 2.05) is 60.0 Å². The van der Waals surface area contributed by atoms with Crippen LogP contribution in [0, 0.1) is 0 Å². The maximum absolute atomic E-state index is 5.56. The highest BCUT2D eigenvalue weighted by Crippen LogP contribution is 2.34. The van der Waals surface area contributed by atoms with Gasteiger partial charge in [-0.05, 0) is 35.7 Å². The minimum atomic E-state index is 0.721. The lowest BCUT2D eigenvalue weighted by atomic mass is 10.3. The Morgan fingerprint density at radius 3 is 2.69 bits per heavy atom. The maximum atomic E-state index is 5.56. The summed E-state index contributed by atoms with van der Waals surface area (Å²) in [4.78, 5) is 5.45. The molecular formula is C19H16N4OS2. The zero-order chi connectivity index (χ0) is 17.8. The van der Waals surface area contributed by atoms with Gasteiger partial charge in [-0.15, -0.1) is 21.5 Å². The highest BCUT2D eigenvalue weighted by Gasteiger charge is 2.19. The highest BCUT2D eigenvalue weighted by atomic mass is 32.2. The molecule has 0 radical (unpaired) electrons. The second-order valence-corrected chi connectivity index (χ2v) is 7.29. The number of benzene rings is 1. The third kappa shape index (κ3) is 3.36. The lowest BCUT2D eigenvalue weighted by molar-refractivity contribution is 0.412. The summed E-state index contributed by atoms with van der Waals surface area (Å²) in [5.41, 5.74) is 1.93. The van der Waals surface area contributed by atoms with E-state index >= 15 is 0 Å². The van der Waals surface area contributed by atoms with Gasteiger partial charge in [0.2, 0.25) is 0 Å². The molecule has 0 spiro atoms. The molecule has 0 aliphatic carbocycles. The van der Waals surface area contributed by atoms with Crippen LogP contribution in [0.4, 0.5) is 0 Å². The van der Waals surface area contributed by atoms with Crippen molar-refractivity contribution in [3.63, 3.8) is 0 Å². The molecule has 5 nitrogen and oxygen atoms in total. The van der Waals surface area contributed by atoms with E-state index in [-0.39, 0.29) is 0 Å². The zero-order valence-corrected chi connectivity index (χ0v) is 15.7. The molecule has 26 heavy (non-hydrogen) atoms. The Bertz CT molecular complexity index is 984. The largest absolute Gasteiger partial charge is 0.495 e. The topological polar surface area (TPSA) is 52.8 Å². The van der Waals surface area contributed by atoms with Crippen LogP contribution in [0.1, 0.15) is 5.69 Å². The molecule has 7 heteroatoms. The van der Waals surface area contributed by atoms with E-state index in [1.54, 1.807) is 36.4 Å². The minimum absolute atomic E-state index is 0.721. The normalized spacial score (nSPS) is 10.8. The van der Waals surface area contributed by atoms with Crippen LogP contribution in [0.2, 0.25) is 0 Å². The van der Waals surface area contributed by atoms with Crippen LogP contribution in [-0.2, 0) is 5.75 Å². The van der Waals surface area contributed by atoms with Crippen molar-refractivity contribution in [1.29, 1.82) is 0 Å². The number of pyridine rings is 1. The monoisotopic (exact) mass is 380 g/mol. The number of para-hydroxylation sites is 2. The van der Waals surface area contributed by atoms with E-state index in [4.69, 9.17) is 4.74 Å². The van der Waals surface area contributed by atoms with Gasteiger partial charge in [-0.1, -0.05) is 36.0 Å². The number of nitrogens with zero attached hydrogens (tertiary/aromatic N) is 4. The van der Waals surface area contributed by atoms with E-state index < -0.39 is 0 Å². The summed E-state index contributed by atoms with van der Waals surface area (Å²) in [5.74, 6) is 2.32. The summed E-state index contributed by atoms with van der Waals surface area (Å²) >= 11 is 3.25. The average molecular weight is 380 g/mol. The van der Waals surface area contributed by atoms with E-state index in [9.17, 15) is 0 Å². The Hall–Kier alpha value is -2.64. The van der Waals surface area contributed by atoms with Gasteiger partial charge in [0.25, 0.3) is 0 Å². The molecule has 4 rings (SSSR count). The fraction of sp³-hybridized carbons (Fsp3) is 0.105. The first-order valence-electron chi connectivity index (χ1n) is 8.02. The molecule has 0 bridgehead atoms. The molecule has 0 saturated heterocycles. The van der Waals surface area contributed by atoms with Gasteiger partial charge in [0.05, 0.1) is 23.4 Å². The molecule has 0 fully saturated rings. The Labute approximate surface area is 159 Å². The van der Waals surface area contributed by atoms with Crippen LogP contribution in [-0.4, -0.2) is 26.9 Å². The van der Waals surface area contributed by atoms with Crippen molar-refractivity contribution in [3.8, 4) is 22.1 Å². The predicted octanol–water partition coefficient (Wildman–Crippen LogP) is 4.69. The predicted molar refractivity (Wildman–Crippen MR) is 105 cm³/mol. The summed E-state index contributed by atoms with van der Waals surface area (Å²) in [6, 6.07) is 17.9. The van der Waals surface area contributed by atoms with E-state index in [0.717, 1.165) is 38.7 Å². The third-order valence-electron chi connectivity index (χ3n) is 3.78. The van der Waals surface area contributed by atoms with Crippen molar-refractivity contribution in [2.24, 2.45) is 0 Å². The summed E-state index contributed by atoms with van der Waals surface area (Å²) in [6.45, 7) is 0. The second-order valence-electron chi connectivity index (χ2n) is 5.40. The molecule has 4 aromatic rings. The van der Waals surface area contributed by atoms with Crippen LogP contribution in [0.5, 0.6) is 5.75 Å². The quantitative estimate of drug-likeness (QED) is 0.454. The van der Waals surface area contributed by atoms with Crippen molar-refractivity contribution in [3.05, 3.63) is 71.9 Å². The number of thioether (sulfide) groups is 1. The lowest BCUT2D eigenvalue weighted by Crippen LogP contribution is -2.02. The standard InChI is InChI=1S/C19H16N4OS2/c1-24-16-9-3-2-8-15(16)23-18(17-10-6-12-25-17)21-22-19(23)26-13-14-7-4-5-11-20-14/h2-12H,13H2,1H3. The number of rotatable bonds is 6. The SMILES string of the molecule is COc1ccccc1-n1c(SCc2ccccn2)nnc1-c1cccs1. The van der Waals surface area contributed by atoms with Crippen molar-refractivity contribution in [1.82, 2.24) is 19.7 Å². The smallest absolute Gasteiger partial charge is 0.196 e. The molecule has 0 saturated carbocycles. The number of thiophene rings is 1. The lowest BCUT2D eigenvalue weighted by Gasteiger charge is -2.13. The zero-order valence-electron chi connectivity index (χ0n) is 14.1. The minimum Gasteiger partial charge on any atom is -0.495 e. The number of hydrogen-bond acceptors (Lipinski definition) is 6. The molecule has 0 unspecified atom stereocenters. The number of ether oxygens (including phenoxy) is 1. The van der Waals surface area contributed by atoms with Gasteiger partial charge >= 0.3 is 0 Å². The molecule has 1 aromatic carbocycles. The van der Waals surface area contributed by atoms with Crippen molar-refractivity contribution >= 4 is 23.1 Å². The van der Waals surface area contributed by atoms with Gasteiger partial charge in [0, 0.05) is 11.9 Å².